The van der Waals surface area contributed by atoms with Crippen LogP contribution in [0.1, 0.15) is 35.6 Å². The van der Waals surface area contributed by atoms with Crippen LogP contribution in [-0.2, 0) is 44.4 Å². The molecule has 0 amide bonds. The summed E-state index contributed by atoms with van der Waals surface area (Å²) in [6, 6.07) is 8.87. The number of nitrogens with zero attached hydrogens (tertiary/aromatic N) is 2. The molecule has 4 heterocycles. The van der Waals surface area contributed by atoms with Gasteiger partial charge in [-0.05, 0) is 12.1 Å². The molecule has 0 bridgehead atoms. The van der Waals surface area contributed by atoms with Gasteiger partial charge in [-0.2, -0.15) is 0 Å². The second-order valence-electron chi connectivity index (χ2n) is 7.90. The molecule has 2 aromatic heterocycles. The second-order valence-corrected chi connectivity index (χ2v) is 7.90. The zero-order valence-corrected chi connectivity index (χ0v) is 17.2. The van der Waals surface area contributed by atoms with Gasteiger partial charge in [0.2, 0.25) is 0 Å². The molecule has 0 radical (unpaired) electrons. The van der Waals surface area contributed by atoms with Crippen molar-refractivity contribution in [2.45, 2.75) is 38.7 Å². The highest BCUT2D eigenvalue weighted by atomic mass is 19.1. The van der Waals surface area contributed by atoms with Gasteiger partial charge in [-0.1, -0.05) is 18.2 Å². The lowest BCUT2D eigenvalue weighted by Gasteiger charge is -2.31. The Hall–Kier alpha value is -3.59. The molecule has 0 fully saturated rings. The fourth-order valence-electron chi connectivity index (χ4n) is 4.49. The number of fused-ring (bicyclic) bond motifs is 5. The Balaban J connectivity index is 1.77. The first kappa shape index (κ1) is 20.3. The number of benzene rings is 1. The number of hydrogen-bond donors (Lipinski definition) is 1. The van der Waals surface area contributed by atoms with Crippen LogP contribution in [0.4, 0.5) is 4.39 Å². The van der Waals surface area contributed by atoms with Crippen molar-refractivity contribution in [3.8, 4) is 11.4 Å². The van der Waals surface area contributed by atoms with Crippen molar-refractivity contribution in [2.75, 3.05) is 6.67 Å². The van der Waals surface area contributed by atoms with E-state index in [0.29, 0.717) is 22.5 Å². The molecule has 0 saturated carbocycles. The highest BCUT2D eigenvalue weighted by Gasteiger charge is 2.46. The number of ether oxygens (including phenoxy) is 2. The number of pyridine rings is 2. The number of carbonyl (C=O) groups is 2. The van der Waals surface area contributed by atoms with Crippen LogP contribution in [0.5, 0.6) is 0 Å². The van der Waals surface area contributed by atoms with E-state index in [2.05, 4.69) is 0 Å². The molecule has 9 heteroatoms. The summed E-state index contributed by atoms with van der Waals surface area (Å²) < 4.78 is 24.9. The van der Waals surface area contributed by atoms with Crippen LogP contribution >= 0.6 is 0 Å². The van der Waals surface area contributed by atoms with Crippen LogP contribution < -0.4 is 5.56 Å². The summed E-state index contributed by atoms with van der Waals surface area (Å²) in [5.74, 6) is -1.41. The number of halogens is 1. The van der Waals surface area contributed by atoms with Gasteiger partial charge in [-0.25, -0.2) is 9.78 Å². The zero-order valence-electron chi connectivity index (χ0n) is 17.2. The Morgan fingerprint density at radius 3 is 2.84 bits per heavy atom. The van der Waals surface area contributed by atoms with Crippen molar-refractivity contribution in [1.82, 2.24) is 9.55 Å². The SMILES string of the molecule is CC(=O)OCc1c2c(nc3ccccc13)-c1cc3c(c(=O)n1C2)COC(=O)C3(O)CCF. The molecule has 164 valence electrons. The van der Waals surface area contributed by atoms with Gasteiger partial charge in [-0.3, -0.25) is 14.0 Å². The average Bonchev–Trinajstić information content (AvgIpc) is 3.13. The number of para-hydroxylation sites is 1. The van der Waals surface area contributed by atoms with Crippen LogP contribution in [0.25, 0.3) is 22.3 Å². The first-order valence-electron chi connectivity index (χ1n) is 10.1. The summed E-state index contributed by atoms with van der Waals surface area (Å²) in [5, 5.41) is 11.7. The van der Waals surface area contributed by atoms with E-state index in [9.17, 15) is 23.9 Å². The standard InChI is InChI=1S/C23H19FN2O6/c1-12(27)31-10-15-13-4-2-3-5-18(13)25-20-14(15)9-26-19(20)8-17-16(21(26)28)11-32-22(29)23(17,30)6-7-24/h2-5,8,30H,6-7,9-11H2,1H3. The normalized spacial score (nSPS) is 18.7. The van der Waals surface area contributed by atoms with Crippen molar-refractivity contribution in [2.24, 2.45) is 0 Å². The molecule has 3 aromatic rings. The van der Waals surface area contributed by atoms with Crippen molar-refractivity contribution in [3.63, 3.8) is 0 Å². The van der Waals surface area contributed by atoms with Gasteiger partial charge in [0.05, 0.1) is 35.7 Å². The van der Waals surface area contributed by atoms with E-state index < -0.39 is 36.2 Å². The third-order valence-electron chi connectivity index (χ3n) is 6.08. The number of aromatic nitrogens is 2. The van der Waals surface area contributed by atoms with E-state index in [1.54, 1.807) is 0 Å². The van der Waals surface area contributed by atoms with Crippen LogP contribution in [0.3, 0.4) is 0 Å². The minimum Gasteiger partial charge on any atom is -0.461 e. The molecule has 5 rings (SSSR count). The Kier molecular flexibility index (Phi) is 4.59. The molecule has 1 unspecified atom stereocenters. The van der Waals surface area contributed by atoms with Crippen molar-refractivity contribution < 1.29 is 28.6 Å². The maximum atomic E-state index is 13.3. The van der Waals surface area contributed by atoms with E-state index in [4.69, 9.17) is 14.5 Å². The van der Waals surface area contributed by atoms with Gasteiger partial charge in [0.1, 0.15) is 13.2 Å². The summed E-state index contributed by atoms with van der Waals surface area (Å²) >= 11 is 0. The van der Waals surface area contributed by atoms with Crippen molar-refractivity contribution >= 4 is 22.8 Å². The predicted octanol–water partition coefficient (Wildman–Crippen LogP) is 2.09. The molecule has 1 aromatic carbocycles. The zero-order chi connectivity index (χ0) is 22.6. The number of rotatable bonds is 4. The Morgan fingerprint density at radius 1 is 1.31 bits per heavy atom. The fourth-order valence-corrected chi connectivity index (χ4v) is 4.49. The highest BCUT2D eigenvalue weighted by Crippen LogP contribution is 2.40. The number of hydrogen-bond acceptors (Lipinski definition) is 7. The quantitative estimate of drug-likeness (QED) is 0.486. The van der Waals surface area contributed by atoms with Gasteiger partial charge in [0, 0.05) is 35.4 Å². The van der Waals surface area contributed by atoms with Crippen molar-refractivity contribution in [3.05, 3.63) is 62.9 Å². The Morgan fingerprint density at radius 2 is 2.09 bits per heavy atom. The molecule has 0 aliphatic carbocycles. The first-order chi connectivity index (χ1) is 15.3. The maximum Gasteiger partial charge on any atom is 0.343 e. The minimum absolute atomic E-state index is 0.0105. The topological polar surface area (TPSA) is 108 Å². The maximum absolute atomic E-state index is 13.3. The lowest BCUT2D eigenvalue weighted by atomic mass is 9.85. The van der Waals surface area contributed by atoms with Crippen LogP contribution in [0.2, 0.25) is 0 Å². The Bertz CT molecular complexity index is 1360. The van der Waals surface area contributed by atoms with Crippen LogP contribution in [0.15, 0.2) is 35.1 Å². The average molecular weight is 438 g/mol. The molecular weight excluding hydrogens is 419 g/mol. The van der Waals surface area contributed by atoms with Gasteiger partial charge < -0.3 is 19.1 Å². The fraction of sp³-hybridized carbons (Fsp3) is 0.304. The van der Waals surface area contributed by atoms with Gasteiger partial charge in [0.15, 0.2) is 5.60 Å². The molecule has 1 atom stereocenters. The summed E-state index contributed by atoms with van der Waals surface area (Å²) in [4.78, 5) is 41.8. The number of carbonyl (C=O) groups excluding carboxylic acids is 2. The third-order valence-corrected chi connectivity index (χ3v) is 6.08. The molecule has 0 spiro atoms. The summed E-state index contributed by atoms with van der Waals surface area (Å²) in [7, 11) is 0. The van der Waals surface area contributed by atoms with E-state index in [-0.39, 0.29) is 30.9 Å². The molecule has 2 aliphatic heterocycles. The Labute approximate surface area is 181 Å². The van der Waals surface area contributed by atoms with E-state index in [0.717, 1.165) is 10.9 Å². The molecule has 1 N–H and O–H groups in total. The van der Waals surface area contributed by atoms with E-state index in [1.807, 2.05) is 24.3 Å². The van der Waals surface area contributed by atoms with Gasteiger partial charge in [-0.15, -0.1) is 0 Å². The van der Waals surface area contributed by atoms with E-state index in [1.165, 1.54) is 17.6 Å². The molecule has 0 saturated heterocycles. The summed E-state index contributed by atoms with van der Waals surface area (Å²) in [6.45, 7) is 0.250. The summed E-state index contributed by atoms with van der Waals surface area (Å²) in [5.41, 5.74) is 0.470. The van der Waals surface area contributed by atoms with Crippen molar-refractivity contribution in [1.29, 1.82) is 0 Å². The third kappa shape index (κ3) is 2.85. The molecule has 2 aliphatic rings. The lowest BCUT2D eigenvalue weighted by Crippen LogP contribution is -2.45. The number of aliphatic hydroxyl groups is 1. The molecule has 32 heavy (non-hydrogen) atoms. The number of cyclic esters (lactones) is 1. The lowest BCUT2D eigenvalue weighted by molar-refractivity contribution is -0.173. The molecule has 8 nitrogen and oxygen atoms in total. The van der Waals surface area contributed by atoms with Crippen LogP contribution in [-0.4, -0.2) is 33.3 Å². The number of alkyl halides is 1. The monoisotopic (exact) mass is 438 g/mol. The van der Waals surface area contributed by atoms with E-state index >= 15 is 0 Å². The van der Waals surface area contributed by atoms with Gasteiger partial charge in [0.25, 0.3) is 5.56 Å². The van der Waals surface area contributed by atoms with Crippen LogP contribution in [0, 0.1) is 0 Å². The minimum atomic E-state index is -2.24. The largest absolute Gasteiger partial charge is 0.461 e. The molecular formula is C23H19FN2O6. The summed E-state index contributed by atoms with van der Waals surface area (Å²) in [6.07, 6.45) is -0.516. The second kappa shape index (κ2) is 7.23. The highest BCUT2D eigenvalue weighted by molar-refractivity contribution is 5.89. The first-order valence-corrected chi connectivity index (χ1v) is 10.1. The van der Waals surface area contributed by atoms with Gasteiger partial charge >= 0.3 is 11.9 Å². The number of esters is 2. The predicted molar refractivity (Wildman–Crippen MR) is 110 cm³/mol. The smallest absolute Gasteiger partial charge is 0.343 e.